The summed E-state index contributed by atoms with van der Waals surface area (Å²) in [7, 11) is 0. The fourth-order valence-electron chi connectivity index (χ4n) is 2.90. The number of hydrogen-bond donors (Lipinski definition) is 2. The molecule has 0 aromatic heterocycles. The largest absolute Gasteiger partial charge is 0.482 e. The number of benzene rings is 1. The van der Waals surface area contributed by atoms with Crippen molar-refractivity contribution in [1.82, 2.24) is 5.32 Å². The van der Waals surface area contributed by atoms with E-state index in [2.05, 4.69) is 17.6 Å². The van der Waals surface area contributed by atoms with Gasteiger partial charge in [0.1, 0.15) is 5.75 Å². The second kappa shape index (κ2) is 5.76. The Balaban J connectivity index is 1.67. The van der Waals surface area contributed by atoms with Crippen molar-refractivity contribution in [2.24, 2.45) is 5.92 Å². The summed E-state index contributed by atoms with van der Waals surface area (Å²) in [5.41, 5.74) is 1.12. The molecule has 2 N–H and O–H groups in total. The Labute approximate surface area is 124 Å². The predicted octanol–water partition coefficient (Wildman–Crippen LogP) is 2.33. The van der Waals surface area contributed by atoms with Gasteiger partial charge in [0.2, 0.25) is 0 Å². The zero-order chi connectivity index (χ0) is 14.8. The van der Waals surface area contributed by atoms with Gasteiger partial charge < -0.3 is 15.4 Å². The third kappa shape index (κ3) is 3.17. The average Bonchev–Trinajstić information content (AvgIpc) is 2.48. The topological polar surface area (TPSA) is 67.4 Å². The highest BCUT2D eigenvalue weighted by molar-refractivity contribution is 5.99. The summed E-state index contributed by atoms with van der Waals surface area (Å²) in [5, 5.41) is 5.80. The third-order valence-electron chi connectivity index (χ3n) is 4.23. The van der Waals surface area contributed by atoms with Crippen LogP contribution in [0.2, 0.25) is 0 Å². The minimum absolute atomic E-state index is 0.0266. The zero-order valence-electron chi connectivity index (χ0n) is 12.1. The first kappa shape index (κ1) is 13.9. The van der Waals surface area contributed by atoms with Crippen molar-refractivity contribution in [2.75, 3.05) is 11.9 Å². The van der Waals surface area contributed by atoms with Crippen molar-refractivity contribution in [2.45, 2.75) is 38.6 Å². The second-order valence-electron chi connectivity index (χ2n) is 5.98. The molecule has 3 rings (SSSR count). The molecule has 1 aromatic rings. The van der Waals surface area contributed by atoms with Crippen molar-refractivity contribution in [3.05, 3.63) is 23.8 Å². The van der Waals surface area contributed by atoms with Crippen molar-refractivity contribution in [3.8, 4) is 5.75 Å². The molecule has 0 saturated heterocycles. The summed E-state index contributed by atoms with van der Waals surface area (Å²) in [6.07, 6.45) is 4.41. The number of amides is 2. The van der Waals surface area contributed by atoms with Crippen LogP contribution in [0.5, 0.6) is 5.75 Å². The molecule has 2 aliphatic rings. The standard InChI is InChI=1S/C16H20N2O3/c1-10-2-5-12(6-3-10)17-16(20)11-4-7-14-13(8-11)18-15(19)9-21-14/h4,7-8,10,12H,2-3,5-6,9H2,1H3,(H,17,20)(H,18,19). The highest BCUT2D eigenvalue weighted by Crippen LogP contribution is 2.29. The number of hydrogen-bond acceptors (Lipinski definition) is 3. The van der Waals surface area contributed by atoms with Crippen LogP contribution in [0.4, 0.5) is 5.69 Å². The molecule has 0 unspecified atom stereocenters. The van der Waals surface area contributed by atoms with E-state index in [1.165, 1.54) is 12.8 Å². The quantitative estimate of drug-likeness (QED) is 0.877. The van der Waals surface area contributed by atoms with E-state index < -0.39 is 0 Å². The van der Waals surface area contributed by atoms with E-state index in [1.807, 2.05) is 0 Å². The molecular formula is C16H20N2O3. The Morgan fingerprint density at radius 2 is 2.05 bits per heavy atom. The van der Waals surface area contributed by atoms with E-state index in [4.69, 9.17) is 4.74 Å². The first-order valence-electron chi connectivity index (χ1n) is 7.49. The van der Waals surface area contributed by atoms with E-state index >= 15 is 0 Å². The first-order valence-corrected chi connectivity index (χ1v) is 7.49. The van der Waals surface area contributed by atoms with Gasteiger partial charge in [-0.2, -0.15) is 0 Å². The van der Waals surface area contributed by atoms with Crippen molar-refractivity contribution in [1.29, 1.82) is 0 Å². The summed E-state index contributed by atoms with van der Waals surface area (Å²) >= 11 is 0. The monoisotopic (exact) mass is 288 g/mol. The Kier molecular flexibility index (Phi) is 3.82. The summed E-state index contributed by atoms with van der Waals surface area (Å²) < 4.78 is 5.29. The molecule has 0 spiro atoms. The van der Waals surface area contributed by atoms with Gasteiger partial charge in [-0.3, -0.25) is 9.59 Å². The summed E-state index contributed by atoms with van der Waals surface area (Å²) in [5.74, 6) is 1.09. The van der Waals surface area contributed by atoms with Crippen LogP contribution in [-0.4, -0.2) is 24.5 Å². The number of anilines is 1. The number of carbonyl (C=O) groups excluding carboxylic acids is 2. The fourth-order valence-corrected chi connectivity index (χ4v) is 2.90. The highest BCUT2D eigenvalue weighted by atomic mass is 16.5. The Hall–Kier alpha value is -2.04. The van der Waals surface area contributed by atoms with Crippen LogP contribution >= 0.6 is 0 Å². The van der Waals surface area contributed by atoms with Crippen LogP contribution in [0.3, 0.4) is 0 Å². The van der Waals surface area contributed by atoms with E-state index in [9.17, 15) is 9.59 Å². The molecule has 1 fully saturated rings. The normalized spacial score (nSPS) is 24.5. The molecule has 21 heavy (non-hydrogen) atoms. The maximum atomic E-state index is 12.3. The van der Waals surface area contributed by atoms with Gasteiger partial charge in [-0.05, 0) is 49.8 Å². The second-order valence-corrected chi connectivity index (χ2v) is 5.98. The molecule has 2 amide bonds. The lowest BCUT2D eigenvalue weighted by Crippen LogP contribution is -2.37. The van der Waals surface area contributed by atoms with Crippen LogP contribution in [0, 0.1) is 5.92 Å². The molecule has 1 aliphatic heterocycles. The molecule has 0 bridgehead atoms. The van der Waals surface area contributed by atoms with Crippen molar-refractivity contribution >= 4 is 17.5 Å². The van der Waals surface area contributed by atoms with Gasteiger partial charge in [-0.25, -0.2) is 0 Å². The van der Waals surface area contributed by atoms with E-state index in [1.54, 1.807) is 18.2 Å². The van der Waals surface area contributed by atoms with Crippen LogP contribution in [0.15, 0.2) is 18.2 Å². The SMILES string of the molecule is CC1CCC(NC(=O)c2ccc3c(c2)NC(=O)CO3)CC1. The summed E-state index contributed by atoms with van der Waals surface area (Å²) in [6.45, 7) is 2.28. The Morgan fingerprint density at radius 1 is 1.29 bits per heavy atom. The number of nitrogens with one attached hydrogen (secondary N) is 2. The first-order chi connectivity index (χ1) is 10.1. The zero-order valence-corrected chi connectivity index (χ0v) is 12.1. The fraction of sp³-hybridized carbons (Fsp3) is 0.500. The molecular weight excluding hydrogens is 268 g/mol. The van der Waals surface area contributed by atoms with Crippen LogP contribution < -0.4 is 15.4 Å². The van der Waals surface area contributed by atoms with Gasteiger partial charge >= 0.3 is 0 Å². The molecule has 1 aliphatic carbocycles. The van der Waals surface area contributed by atoms with Gasteiger partial charge in [0.15, 0.2) is 6.61 Å². The highest BCUT2D eigenvalue weighted by Gasteiger charge is 2.22. The summed E-state index contributed by atoms with van der Waals surface area (Å²) in [4.78, 5) is 23.6. The average molecular weight is 288 g/mol. The van der Waals surface area contributed by atoms with Gasteiger partial charge in [-0.1, -0.05) is 6.92 Å². The smallest absolute Gasteiger partial charge is 0.262 e. The van der Waals surface area contributed by atoms with Gasteiger partial charge in [0.05, 0.1) is 5.69 Å². The molecule has 0 atom stereocenters. The maximum absolute atomic E-state index is 12.3. The van der Waals surface area contributed by atoms with Crippen LogP contribution in [0.1, 0.15) is 43.0 Å². The Bertz CT molecular complexity index is 563. The van der Waals surface area contributed by atoms with Crippen molar-refractivity contribution in [3.63, 3.8) is 0 Å². The lowest BCUT2D eigenvalue weighted by molar-refractivity contribution is -0.118. The third-order valence-corrected chi connectivity index (χ3v) is 4.23. The van der Waals surface area contributed by atoms with E-state index in [-0.39, 0.29) is 24.5 Å². The molecule has 1 saturated carbocycles. The number of ether oxygens (including phenoxy) is 1. The van der Waals surface area contributed by atoms with Crippen LogP contribution in [-0.2, 0) is 4.79 Å². The van der Waals surface area contributed by atoms with Gasteiger partial charge in [0.25, 0.3) is 11.8 Å². The summed E-state index contributed by atoms with van der Waals surface area (Å²) in [6, 6.07) is 5.40. The van der Waals surface area contributed by atoms with E-state index in [0.29, 0.717) is 17.0 Å². The predicted molar refractivity (Wildman–Crippen MR) is 79.5 cm³/mol. The molecule has 0 radical (unpaired) electrons. The Morgan fingerprint density at radius 3 is 2.81 bits per heavy atom. The molecule has 1 heterocycles. The van der Waals surface area contributed by atoms with E-state index in [0.717, 1.165) is 18.8 Å². The molecule has 5 nitrogen and oxygen atoms in total. The maximum Gasteiger partial charge on any atom is 0.262 e. The molecule has 5 heteroatoms. The van der Waals surface area contributed by atoms with Crippen molar-refractivity contribution < 1.29 is 14.3 Å². The minimum Gasteiger partial charge on any atom is -0.482 e. The number of carbonyl (C=O) groups is 2. The van der Waals surface area contributed by atoms with Gasteiger partial charge in [-0.15, -0.1) is 0 Å². The molecule has 112 valence electrons. The minimum atomic E-state index is -0.193. The van der Waals surface area contributed by atoms with Gasteiger partial charge in [0, 0.05) is 11.6 Å². The number of fused-ring (bicyclic) bond motifs is 1. The van der Waals surface area contributed by atoms with Crippen LogP contribution in [0.25, 0.3) is 0 Å². The molecule has 1 aromatic carbocycles. The lowest BCUT2D eigenvalue weighted by Gasteiger charge is -2.27. The number of rotatable bonds is 2. The lowest BCUT2D eigenvalue weighted by atomic mass is 9.87.